The van der Waals surface area contributed by atoms with Crippen LogP contribution in [0.4, 0.5) is 5.69 Å². The van der Waals surface area contributed by atoms with Crippen LogP contribution in [0.5, 0.6) is 5.75 Å². The van der Waals surface area contributed by atoms with Crippen molar-refractivity contribution < 1.29 is 17.9 Å². The van der Waals surface area contributed by atoms with Crippen molar-refractivity contribution in [3.05, 3.63) is 58.7 Å². The molecule has 1 N–H and O–H groups in total. The number of benzene rings is 2. The molecule has 9 heteroatoms. The third-order valence-electron chi connectivity index (χ3n) is 7.16. The third-order valence-corrected chi connectivity index (χ3v) is 7.76. The molecule has 1 saturated heterocycles. The number of sulfonamides is 1. The lowest BCUT2D eigenvalue weighted by Crippen LogP contribution is -2.54. The van der Waals surface area contributed by atoms with Crippen molar-refractivity contribution in [3.8, 4) is 11.8 Å². The van der Waals surface area contributed by atoms with Crippen molar-refractivity contribution in [1.29, 1.82) is 5.26 Å². The fourth-order valence-corrected chi connectivity index (χ4v) is 6.02. The first-order chi connectivity index (χ1) is 15.7. The van der Waals surface area contributed by atoms with Gasteiger partial charge < -0.3 is 4.74 Å². The van der Waals surface area contributed by atoms with E-state index in [0.29, 0.717) is 29.5 Å². The minimum Gasteiger partial charge on any atom is -0.486 e. The zero-order chi connectivity index (χ0) is 23.2. The van der Waals surface area contributed by atoms with E-state index < -0.39 is 15.6 Å². The number of carbonyl (C=O) groups excluding carboxylic acids is 1. The first-order valence-electron chi connectivity index (χ1n) is 11.3. The van der Waals surface area contributed by atoms with Crippen molar-refractivity contribution >= 4 is 33.9 Å². The van der Waals surface area contributed by atoms with Gasteiger partial charge in [-0.05, 0) is 60.7 Å². The summed E-state index contributed by atoms with van der Waals surface area (Å²) in [5.74, 6) is 0.542. The highest BCUT2D eigenvalue weighted by atomic mass is 35.5. The lowest BCUT2D eigenvalue weighted by molar-refractivity contribution is -0.0200. The summed E-state index contributed by atoms with van der Waals surface area (Å²) in [6.45, 7) is 1.76. The van der Waals surface area contributed by atoms with Gasteiger partial charge in [0, 0.05) is 37.7 Å². The molecule has 5 rings (SSSR count). The van der Waals surface area contributed by atoms with E-state index in [-0.39, 0.29) is 18.2 Å². The van der Waals surface area contributed by atoms with Crippen LogP contribution in [-0.2, 0) is 22.9 Å². The Kier molecular flexibility index (Phi) is 6.65. The molecule has 34 heavy (non-hydrogen) atoms. The van der Waals surface area contributed by atoms with E-state index in [1.807, 2.05) is 12.1 Å². The number of rotatable bonds is 3. The van der Waals surface area contributed by atoms with Crippen LogP contribution in [0.3, 0.4) is 0 Å². The van der Waals surface area contributed by atoms with E-state index >= 15 is 0 Å². The molecule has 1 atom stereocenters. The molecule has 2 aromatic rings. The third kappa shape index (κ3) is 4.92. The molecular weight excluding hydrogens is 474 g/mol. The van der Waals surface area contributed by atoms with E-state index in [1.165, 1.54) is 11.1 Å². The second-order valence-electron chi connectivity index (χ2n) is 9.50. The van der Waals surface area contributed by atoms with Gasteiger partial charge in [0.25, 0.3) is 0 Å². The average molecular weight is 502 g/mol. The lowest BCUT2D eigenvalue weighted by atomic mass is 9.80. The average Bonchev–Trinajstić information content (AvgIpc) is 2.78. The molecule has 1 aliphatic carbocycles. The van der Waals surface area contributed by atoms with Crippen molar-refractivity contribution in [2.45, 2.75) is 50.2 Å². The number of nitrogens with zero attached hydrogens (tertiary/aromatic N) is 2. The Morgan fingerprint density at radius 3 is 2.62 bits per heavy atom. The normalized spacial score (nSPS) is 21.4. The van der Waals surface area contributed by atoms with Crippen LogP contribution in [0, 0.1) is 11.3 Å². The highest BCUT2D eigenvalue weighted by molar-refractivity contribution is 7.92. The molecule has 0 saturated carbocycles. The lowest BCUT2D eigenvalue weighted by Gasteiger charge is -2.46. The quantitative estimate of drug-likeness (QED) is 0.688. The van der Waals surface area contributed by atoms with Gasteiger partial charge in [-0.3, -0.25) is 14.4 Å². The van der Waals surface area contributed by atoms with Crippen molar-refractivity contribution in [2.24, 2.45) is 0 Å². The first-order valence-corrected chi connectivity index (χ1v) is 13.2. The van der Waals surface area contributed by atoms with Gasteiger partial charge in [-0.25, -0.2) is 8.42 Å². The number of aryl methyl sites for hydroxylation is 1. The maximum Gasteiger partial charge on any atom is 0.229 e. The highest BCUT2D eigenvalue weighted by Crippen LogP contribution is 2.41. The molecular formula is C25H28ClN3O4S. The minimum absolute atomic E-state index is 0. The molecule has 7 nitrogen and oxygen atoms in total. The van der Waals surface area contributed by atoms with Gasteiger partial charge in [0.15, 0.2) is 5.78 Å². The largest absolute Gasteiger partial charge is 0.486 e. The summed E-state index contributed by atoms with van der Waals surface area (Å²) < 4.78 is 31.8. The summed E-state index contributed by atoms with van der Waals surface area (Å²) in [7, 11) is -3.41. The van der Waals surface area contributed by atoms with Crippen LogP contribution in [0.25, 0.3) is 0 Å². The zero-order valence-corrected chi connectivity index (χ0v) is 20.7. The highest BCUT2D eigenvalue weighted by Gasteiger charge is 2.44. The Morgan fingerprint density at radius 2 is 1.91 bits per heavy atom. The number of hydrogen-bond donors (Lipinski definition) is 1. The first kappa shape index (κ1) is 24.5. The van der Waals surface area contributed by atoms with E-state index in [9.17, 15) is 13.2 Å². The van der Waals surface area contributed by atoms with E-state index in [0.717, 1.165) is 57.0 Å². The number of likely N-dealkylation sites (tertiary alicyclic amines) is 1. The van der Waals surface area contributed by atoms with Gasteiger partial charge in [-0.1, -0.05) is 6.07 Å². The molecule has 2 aliphatic heterocycles. The number of ether oxygens (including phenoxy) is 1. The molecule has 3 aliphatic rings. The monoisotopic (exact) mass is 501 g/mol. The number of ketones is 1. The Balaban J connectivity index is 0.00000274. The topological polar surface area (TPSA) is 99.5 Å². The van der Waals surface area contributed by atoms with Gasteiger partial charge in [-0.2, -0.15) is 5.26 Å². The van der Waals surface area contributed by atoms with E-state index in [2.05, 4.69) is 21.8 Å². The molecule has 2 heterocycles. The molecule has 1 fully saturated rings. The maximum atomic E-state index is 13.0. The summed E-state index contributed by atoms with van der Waals surface area (Å²) in [4.78, 5) is 15.5. The number of nitrogens with one attached hydrogen (secondary N) is 1. The van der Waals surface area contributed by atoms with Crippen LogP contribution >= 0.6 is 12.4 Å². The summed E-state index contributed by atoms with van der Waals surface area (Å²) in [6, 6.07) is 13.6. The van der Waals surface area contributed by atoms with Crippen LogP contribution in [0.15, 0.2) is 36.4 Å². The number of piperidine rings is 1. The van der Waals surface area contributed by atoms with Crippen LogP contribution in [0.2, 0.25) is 0 Å². The van der Waals surface area contributed by atoms with Crippen LogP contribution < -0.4 is 9.46 Å². The number of nitriles is 1. The summed E-state index contributed by atoms with van der Waals surface area (Å²) in [6.07, 6.45) is 6.04. The van der Waals surface area contributed by atoms with Crippen LogP contribution in [0.1, 0.15) is 52.7 Å². The standard InChI is InChI=1S/C25H27N3O4S.ClH/c1-33(30,31)27-20-5-7-24-22(14-20)23(29)15-25(32-24)8-10-28(11-9-25)21-6-4-18-12-17(16-26)2-3-19(18)13-21;/h2-3,5,7,12,14,21,27H,4,6,8-11,13,15H2,1H3;1H/t21-;/m0./s1. The molecule has 0 amide bonds. The number of fused-ring (bicyclic) bond motifs is 2. The summed E-state index contributed by atoms with van der Waals surface area (Å²) in [5, 5.41) is 9.13. The van der Waals surface area contributed by atoms with E-state index in [1.54, 1.807) is 18.2 Å². The Bertz CT molecular complexity index is 1260. The predicted octanol–water partition coefficient (Wildman–Crippen LogP) is 3.71. The Morgan fingerprint density at radius 1 is 1.15 bits per heavy atom. The Hall–Kier alpha value is -2.60. The fourth-order valence-electron chi connectivity index (χ4n) is 5.46. The molecule has 0 unspecified atom stereocenters. The summed E-state index contributed by atoms with van der Waals surface area (Å²) in [5.41, 5.74) is 3.69. The van der Waals surface area contributed by atoms with Crippen molar-refractivity contribution in [3.63, 3.8) is 0 Å². The smallest absolute Gasteiger partial charge is 0.229 e. The minimum atomic E-state index is -3.41. The number of hydrogen-bond acceptors (Lipinski definition) is 6. The molecule has 0 radical (unpaired) electrons. The van der Waals surface area contributed by atoms with Crippen molar-refractivity contribution in [2.75, 3.05) is 24.1 Å². The maximum absolute atomic E-state index is 13.0. The molecule has 1 spiro atoms. The van der Waals surface area contributed by atoms with Gasteiger partial charge >= 0.3 is 0 Å². The van der Waals surface area contributed by atoms with Gasteiger partial charge in [0.2, 0.25) is 10.0 Å². The van der Waals surface area contributed by atoms with Crippen molar-refractivity contribution in [1.82, 2.24) is 4.90 Å². The summed E-state index contributed by atoms with van der Waals surface area (Å²) >= 11 is 0. The number of anilines is 1. The van der Waals surface area contributed by atoms with Crippen LogP contribution in [-0.4, -0.2) is 50.1 Å². The second-order valence-corrected chi connectivity index (χ2v) is 11.2. The zero-order valence-electron chi connectivity index (χ0n) is 19.0. The number of halogens is 1. The van der Waals surface area contributed by atoms with E-state index in [4.69, 9.17) is 10.00 Å². The SMILES string of the molecule is CS(=O)(=O)Nc1ccc2c(c1)C(=O)CC1(CCN([C@H]3CCc4cc(C#N)ccc4C3)CC1)O2.Cl. The number of carbonyl (C=O) groups is 1. The van der Waals surface area contributed by atoms with Gasteiger partial charge in [0.05, 0.1) is 29.9 Å². The number of Topliss-reactive ketones (excluding diaryl/α,β-unsaturated/α-hetero) is 1. The fraction of sp³-hybridized carbons (Fsp3) is 0.440. The molecule has 180 valence electrons. The molecule has 0 aromatic heterocycles. The second kappa shape index (κ2) is 9.21. The molecule has 0 bridgehead atoms. The van der Waals surface area contributed by atoms with Gasteiger partial charge in [0.1, 0.15) is 11.4 Å². The molecule has 2 aromatic carbocycles. The van der Waals surface area contributed by atoms with Gasteiger partial charge in [-0.15, -0.1) is 12.4 Å². The predicted molar refractivity (Wildman–Crippen MR) is 132 cm³/mol. The Labute approximate surface area is 206 Å².